The van der Waals surface area contributed by atoms with Crippen molar-refractivity contribution < 1.29 is 9.47 Å². The first-order valence-corrected chi connectivity index (χ1v) is 8.00. The van der Waals surface area contributed by atoms with Gasteiger partial charge in [-0.3, -0.25) is 5.32 Å². The largest absolute Gasteiger partial charge is 0.493 e. The molecule has 2 aromatic carbocycles. The van der Waals surface area contributed by atoms with Gasteiger partial charge in [0.15, 0.2) is 0 Å². The molecule has 2 aliphatic rings. The van der Waals surface area contributed by atoms with Crippen LogP contribution in [0.5, 0.6) is 11.5 Å². The van der Waals surface area contributed by atoms with Crippen molar-refractivity contribution in [3.8, 4) is 11.5 Å². The second kappa shape index (κ2) is 5.35. The maximum atomic E-state index is 5.76. The molecule has 2 heterocycles. The highest BCUT2D eigenvalue weighted by atomic mass is 79.9. The van der Waals surface area contributed by atoms with Crippen LogP contribution < -0.4 is 14.8 Å². The van der Waals surface area contributed by atoms with E-state index in [2.05, 4.69) is 39.4 Å². The summed E-state index contributed by atoms with van der Waals surface area (Å²) in [7, 11) is 0. The van der Waals surface area contributed by atoms with Crippen molar-refractivity contribution in [2.24, 2.45) is 0 Å². The van der Waals surface area contributed by atoms with Crippen molar-refractivity contribution in [1.29, 1.82) is 0 Å². The van der Waals surface area contributed by atoms with Crippen LogP contribution in [0.15, 0.2) is 46.9 Å². The van der Waals surface area contributed by atoms with E-state index < -0.39 is 0 Å². The first-order valence-electron chi connectivity index (χ1n) is 7.21. The maximum absolute atomic E-state index is 5.76. The van der Waals surface area contributed by atoms with Crippen molar-refractivity contribution in [3.05, 3.63) is 58.1 Å². The van der Waals surface area contributed by atoms with Crippen LogP contribution in [0.25, 0.3) is 0 Å². The monoisotopic (exact) mass is 345 g/mol. The molecule has 3 nitrogen and oxygen atoms in total. The third-order valence-electron chi connectivity index (χ3n) is 4.11. The number of halogens is 1. The first-order chi connectivity index (χ1) is 10.3. The molecule has 0 spiro atoms. The van der Waals surface area contributed by atoms with Gasteiger partial charge < -0.3 is 9.47 Å². The molecule has 2 atom stereocenters. The molecule has 4 rings (SSSR count). The van der Waals surface area contributed by atoms with Crippen LogP contribution in [0.3, 0.4) is 0 Å². The van der Waals surface area contributed by atoms with E-state index in [9.17, 15) is 0 Å². The van der Waals surface area contributed by atoms with E-state index >= 15 is 0 Å². The minimum atomic E-state index is 0.246. The molecule has 0 saturated carbocycles. The Bertz CT molecular complexity index is 674. The van der Waals surface area contributed by atoms with Gasteiger partial charge >= 0.3 is 0 Å². The van der Waals surface area contributed by atoms with Crippen LogP contribution in [0.4, 0.5) is 0 Å². The number of rotatable bonds is 2. The van der Waals surface area contributed by atoms with E-state index in [1.54, 1.807) is 0 Å². The average molecular weight is 346 g/mol. The van der Waals surface area contributed by atoms with Crippen LogP contribution in [-0.4, -0.2) is 13.2 Å². The zero-order valence-electron chi connectivity index (χ0n) is 11.5. The predicted molar refractivity (Wildman–Crippen MR) is 84.8 cm³/mol. The Morgan fingerprint density at radius 1 is 0.952 bits per heavy atom. The molecule has 0 amide bonds. The molecule has 0 fully saturated rings. The Labute approximate surface area is 132 Å². The van der Waals surface area contributed by atoms with Gasteiger partial charge in [-0.05, 0) is 24.3 Å². The highest BCUT2D eigenvalue weighted by molar-refractivity contribution is 9.10. The second-order valence-corrected chi connectivity index (χ2v) is 6.36. The number of hydrogen-bond acceptors (Lipinski definition) is 3. The normalized spacial score (nSPS) is 22.9. The summed E-state index contributed by atoms with van der Waals surface area (Å²) < 4.78 is 12.6. The molecule has 0 radical (unpaired) electrons. The Balaban J connectivity index is 1.61. The minimum Gasteiger partial charge on any atom is -0.493 e. The van der Waals surface area contributed by atoms with Crippen LogP contribution >= 0.6 is 15.9 Å². The van der Waals surface area contributed by atoms with E-state index in [1.807, 2.05) is 24.3 Å². The fourth-order valence-electron chi connectivity index (χ4n) is 3.08. The highest BCUT2D eigenvalue weighted by Crippen LogP contribution is 2.38. The fraction of sp³-hybridized carbons (Fsp3) is 0.294. The molecule has 2 aromatic rings. The fourth-order valence-corrected chi connectivity index (χ4v) is 3.46. The number of ether oxygens (including phenoxy) is 2. The van der Waals surface area contributed by atoms with Gasteiger partial charge in [0.05, 0.1) is 12.6 Å². The first kappa shape index (κ1) is 13.2. The molecular weight excluding hydrogens is 330 g/mol. The minimum absolute atomic E-state index is 0.246. The number of nitrogens with one attached hydrogen (secondary N) is 1. The second-order valence-electron chi connectivity index (χ2n) is 5.44. The molecule has 21 heavy (non-hydrogen) atoms. The van der Waals surface area contributed by atoms with Crippen LogP contribution in [0.1, 0.15) is 29.6 Å². The summed E-state index contributed by atoms with van der Waals surface area (Å²) >= 11 is 3.55. The van der Waals surface area contributed by atoms with Crippen molar-refractivity contribution in [2.75, 3.05) is 13.2 Å². The Morgan fingerprint density at radius 2 is 1.81 bits per heavy atom. The van der Waals surface area contributed by atoms with Gasteiger partial charge in [-0.1, -0.05) is 34.1 Å². The predicted octanol–water partition coefficient (Wildman–Crippen LogP) is 4.00. The van der Waals surface area contributed by atoms with Gasteiger partial charge in [-0.2, -0.15) is 0 Å². The van der Waals surface area contributed by atoms with Crippen molar-refractivity contribution in [1.82, 2.24) is 5.32 Å². The number of fused-ring (bicyclic) bond motifs is 2. The number of para-hydroxylation sites is 1. The summed E-state index contributed by atoms with van der Waals surface area (Å²) in [6.45, 7) is 1.45. The lowest BCUT2D eigenvalue weighted by molar-refractivity contribution is 0.232. The number of hydrogen-bond donors (Lipinski definition) is 1. The van der Waals surface area contributed by atoms with E-state index in [-0.39, 0.29) is 6.04 Å². The lowest BCUT2D eigenvalue weighted by atomic mass is 9.98. The summed E-state index contributed by atoms with van der Waals surface area (Å²) in [6, 6.07) is 15.0. The zero-order chi connectivity index (χ0) is 14.2. The standard InChI is InChI=1S/C17H16BrNO2/c18-11-5-6-17-13(9-11)14(7-8-20-17)19-15-10-21-16-4-2-1-3-12(15)16/h1-6,9,14-15,19H,7-8,10H2. The SMILES string of the molecule is Brc1ccc2c(c1)C(NC1COc3ccccc31)CCO2. The van der Waals surface area contributed by atoms with Gasteiger partial charge in [-0.25, -0.2) is 0 Å². The summed E-state index contributed by atoms with van der Waals surface area (Å²) in [4.78, 5) is 0. The Kier molecular flexibility index (Phi) is 3.36. The number of benzene rings is 2. The van der Waals surface area contributed by atoms with Gasteiger partial charge in [0, 0.05) is 28.1 Å². The van der Waals surface area contributed by atoms with E-state index in [0.29, 0.717) is 12.6 Å². The molecule has 0 bridgehead atoms. The molecule has 2 aliphatic heterocycles. The third kappa shape index (κ3) is 2.43. The van der Waals surface area contributed by atoms with Crippen molar-refractivity contribution in [3.63, 3.8) is 0 Å². The lowest BCUT2D eigenvalue weighted by Gasteiger charge is -2.29. The van der Waals surface area contributed by atoms with Crippen LogP contribution in [0, 0.1) is 0 Å². The van der Waals surface area contributed by atoms with Crippen molar-refractivity contribution >= 4 is 15.9 Å². The highest BCUT2D eigenvalue weighted by Gasteiger charge is 2.29. The Morgan fingerprint density at radius 3 is 2.76 bits per heavy atom. The quantitative estimate of drug-likeness (QED) is 0.892. The molecule has 4 heteroatoms. The Hall–Kier alpha value is -1.52. The molecule has 2 unspecified atom stereocenters. The van der Waals surface area contributed by atoms with Gasteiger partial charge in [-0.15, -0.1) is 0 Å². The molecule has 108 valence electrons. The van der Waals surface area contributed by atoms with Crippen LogP contribution in [0.2, 0.25) is 0 Å². The lowest BCUT2D eigenvalue weighted by Crippen LogP contribution is -2.31. The zero-order valence-corrected chi connectivity index (χ0v) is 13.1. The summed E-state index contributed by atoms with van der Waals surface area (Å²) in [5, 5.41) is 3.73. The van der Waals surface area contributed by atoms with E-state index in [1.165, 1.54) is 11.1 Å². The molecule has 0 aliphatic carbocycles. The molecule has 1 N–H and O–H groups in total. The van der Waals surface area contributed by atoms with Gasteiger partial charge in [0.25, 0.3) is 0 Å². The topological polar surface area (TPSA) is 30.5 Å². The van der Waals surface area contributed by atoms with Crippen LogP contribution in [-0.2, 0) is 0 Å². The molecule has 0 aromatic heterocycles. The van der Waals surface area contributed by atoms with Gasteiger partial charge in [0.2, 0.25) is 0 Å². The van der Waals surface area contributed by atoms with Crippen molar-refractivity contribution in [2.45, 2.75) is 18.5 Å². The summed E-state index contributed by atoms with van der Waals surface area (Å²) in [5.41, 5.74) is 2.47. The van der Waals surface area contributed by atoms with E-state index in [0.717, 1.165) is 29.0 Å². The summed E-state index contributed by atoms with van der Waals surface area (Å²) in [6.07, 6.45) is 0.974. The summed E-state index contributed by atoms with van der Waals surface area (Å²) in [5.74, 6) is 1.98. The smallest absolute Gasteiger partial charge is 0.124 e. The molecule has 0 saturated heterocycles. The average Bonchev–Trinajstić information content (AvgIpc) is 2.91. The van der Waals surface area contributed by atoms with Gasteiger partial charge in [0.1, 0.15) is 18.1 Å². The molecular formula is C17H16BrNO2. The van der Waals surface area contributed by atoms with E-state index in [4.69, 9.17) is 9.47 Å². The third-order valence-corrected chi connectivity index (χ3v) is 4.61. The maximum Gasteiger partial charge on any atom is 0.124 e.